The van der Waals surface area contributed by atoms with Gasteiger partial charge >= 0.3 is 6.09 Å². The first-order valence-electron chi connectivity index (χ1n) is 12.5. The monoisotopic (exact) mass is 506 g/mol. The summed E-state index contributed by atoms with van der Waals surface area (Å²) in [5.74, 6) is -1.62. The van der Waals surface area contributed by atoms with Crippen LogP contribution in [0.1, 0.15) is 84.7 Å². The Morgan fingerprint density at radius 2 is 1.81 bits per heavy atom. The van der Waals surface area contributed by atoms with Crippen molar-refractivity contribution in [3.8, 4) is 5.75 Å². The number of ether oxygens (including phenoxy) is 1. The third-order valence-corrected chi connectivity index (χ3v) is 5.24. The van der Waals surface area contributed by atoms with E-state index in [4.69, 9.17) is 10.5 Å². The van der Waals surface area contributed by atoms with Gasteiger partial charge in [0.25, 0.3) is 0 Å². The third kappa shape index (κ3) is 11.0. The minimum Gasteiger partial charge on any atom is -0.508 e. The van der Waals surface area contributed by atoms with E-state index in [1.807, 2.05) is 6.92 Å². The van der Waals surface area contributed by atoms with Crippen LogP contribution in [0.2, 0.25) is 0 Å². The Bertz CT molecular complexity index is 883. The number of primary amides is 1. The highest BCUT2D eigenvalue weighted by molar-refractivity contribution is 5.92. The van der Waals surface area contributed by atoms with E-state index in [2.05, 4.69) is 17.6 Å². The molecule has 2 atom stereocenters. The Morgan fingerprint density at radius 1 is 1.11 bits per heavy atom. The first-order chi connectivity index (χ1) is 16.9. The van der Waals surface area contributed by atoms with Gasteiger partial charge in [0.15, 0.2) is 0 Å². The quantitative estimate of drug-likeness (QED) is 0.285. The van der Waals surface area contributed by atoms with Gasteiger partial charge in [-0.25, -0.2) is 4.79 Å². The summed E-state index contributed by atoms with van der Waals surface area (Å²) in [5, 5.41) is 15.5. The number of carbonyl (C=O) groups excluding carboxylic acids is 4. The van der Waals surface area contributed by atoms with Crippen molar-refractivity contribution in [1.82, 2.24) is 15.5 Å². The lowest BCUT2D eigenvalue weighted by Gasteiger charge is -2.34. The summed E-state index contributed by atoms with van der Waals surface area (Å²) in [4.78, 5) is 52.5. The van der Waals surface area contributed by atoms with Crippen LogP contribution < -0.4 is 16.4 Å². The molecule has 0 aliphatic carbocycles. The molecule has 2 unspecified atom stereocenters. The summed E-state index contributed by atoms with van der Waals surface area (Å²) in [6.07, 6.45) is 2.23. The molecule has 4 amide bonds. The first kappa shape index (κ1) is 30.7. The van der Waals surface area contributed by atoms with Crippen molar-refractivity contribution < 1.29 is 29.0 Å². The zero-order valence-electron chi connectivity index (χ0n) is 22.1. The smallest absolute Gasteiger partial charge is 0.408 e. The number of nitrogens with one attached hydrogen (secondary N) is 2. The molecule has 0 bridgehead atoms. The van der Waals surface area contributed by atoms with E-state index in [0.29, 0.717) is 18.5 Å². The zero-order valence-corrected chi connectivity index (χ0v) is 22.1. The van der Waals surface area contributed by atoms with Crippen molar-refractivity contribution in [1.29, 1.82) is 0 Å². The van der Waals surface area contributed by atoms with E-state index in [1.54, 1.807) is 32.9 Å². The lowest BCUT2D eigenvalue weighted by Crippen LogP contribution is -2.53. The SMILES string of the molecule is CCCCCNC(=O)C(c1cccc(O)c1)N(CCC)C(=O)C(CCC(N)=O)NC(=O)OC(C)(C)C. The summed E-state index contributed by atoms with van der Waals surface area (Å²) in [6.45, 7) is 9.63. The summed E-state index contributed by atoms with van der Waals surface area (Å²) >= 11 is 0. The average Bonchev–Trinajstić information content (AvgIpc) is 2.77. The molecular weight excluding hydrogens is 464 g/mol. The van der Waals surface area contributed by atoms with Crippen molar-refractivity contribution in [2.24, 2.45) is 5.73 Å². The van der Waals surface area contributed by atoms with Gasteiger partial charge in [-0.2, -0.15) is 0 Å². The molecule has 10 heteroatoms. The molecule has 0 aliphatic rings. The lowest BCUT2D eigenvalue weighted by atomic mass is 10.0. The summed E-state index contributed by atoms with van der Waals surface area (Å²) < 4.78 is 5.30. The second-order valence-corrected chi connectivity index (χ2v) is 9.73. The maximum absolute atomic E-state index is 13.8. The van der Waals surface area contributed by atoms with Crippen LogP contribution in [0.4, 0.5) is 4.79 Å². The van der Waals surface area contributed by atoms with Crippen LogP contribution in [0.5, 0.6) is 5.75 Å². The van der Waals surface area contributed by atoms with Crippen LogP contribution in [0.25, 0.3) is 0 Å². The third-order valence-electron chi connectivity index (χ3n) is 5.24. The number of nitrogens with two attached hydrogens (primary N) is 1. The van der Waals surface area contributed by atoms with Gasteiger partial charge in [-0.3, -0.25) is 14.4 Å². The molecule has 1 rings (SSSR count). The maximum Gasteiger partial charge on any atom is 0.408 e. The number of unbranched alkanes of at least 4 members (excludes halogenated alkanes) is 2. The molecule has 0 aromatic heterocycles. The van der Waals surface area contributed by atoms with Gasteiger partial charge in [-0.05, 0) is 57.7 Å². The molecular formula is C26H42N4O6. The van der Waals surface area contributed by atoms with Gasteiger partial charge in [0.05, 0.1) is 0 Å². The highest BCUT2D eigenvalue weighted by Crippen LogP contribution is 2.26. The van der Waals surface area contributed by atoms with Crippen LogP contribution in [-0.4, -0.2) is 58.6 Å². The molecule has 36 heavy (non-hydrogen) atoms. The molecule has 1 aromatic rings. The van der Waals surface area contributed by atoms with E-state index in [1.165, 1.54) is 17.0 Å². The minimum absolute atomic E-state index is 0.0441. The number of benzene rings is 1. The van der Waals surface area contributed by atoms with Gasteiger partial charge in [0.1, 0.15) is 23.4 Å². The standard InChI is InChI=1S/C26H42N4O6/c1-6-8-9-15-28-23(33)22(18-11-10-12-19(31)17-18)30(16-7-2)24(34)20(13-14-21(27)32)29-25(35)36-26(3,4)5/h10-12,17,20,22,31H,6-9,13-16H2,1-5H3,(H2,27,32)(H,28,33)(H,29,35). The van der Waals surface area contributed by atoms with E-state index >= 15 is 0 Å². The van der Waals surface area contributed by atoms with E-state index in [0.717, 1.165) is 19.3 Å². The van der Waals surface area contributed by atoms with E-state index < -0.39 is 41.5 Å². The molecule has 0 aliphatic heterocycles. The molecule has 0 saturated carbocycles. The molecule has 202 valence electrons. The second-order valence-electron chi connectivity index (χ2n) is 9.73. The fourth-order valence-corrected chi connectivity index (χ4v) is 3.65. The molecule has 1 aromatic carbocycles. The lowest BCUT2D eigenvalue weighted by molar-refractivity contribution is -0.142. The highest BCUT2D eigenvalue weighted by Gasteiger charge is 2.36. The van der Waals surface area contributed by atoms with Crippen molar-refractivity contribution in [2.45, 2.75) is 90.8 Å². The molecule has 5 N–H and O–H groups in total. The zero-order chi connectivity index (χ0) is 27.3. The van der Waals surface area contributed by atoms with Crippen LogP contribution in [0, 0.1) is 0 Å². The average molecular weight is 507 g/mol. The number of hydrogen-bond acceptors (Lipinski definition) is 6. The Kier molecular flexibility index (Phi) is 12.8. The number of carbonyl (C=O) groups is 4. The van der Waals surface area contributed by atoms with E-state index in [-0.39, 0.29) is 25.1 Å². The molecule has 0 radical (unpaired) electrons. The van der Waals surface area contributed by atoms with Gasteiger partial charge < -0.3 is 31.1 Å². The number of rotatable bonds is 14. The first-order valence-corrected chi connectivity index (χ1v) is 12.5. The van der Waals surface area contributed by atoms with E-state index in [9.17, 15) is 24.3 Å². The Hall–Kier alpha value is -3.30. The Labute approximate surface area is 213 Å². The van der Waals surface area contributed by atoms with Crippen molar-refractivity contribution in [2.75, 3.05) is 13.1 Å². The predicted molar refractivity (Wildman–Crippen MR) is 137 cm³/mol. The van der Waals surface area contributed by atoms with Crippen LogP contribution in [0.15, 0.2) is 24.3 Å². The number of amides is 4. The predicted octanol–water partition coefficient (Wildman–Crippen LogP) is 3.14. The van der Waals surface area contributed by atoms with Gasteiger partial charge in [0, 0.05) is 19.5 Å². The fraction of sp³-hybridized carbons (Fsp3) is 0.615. The van der Waals surface area contributed by atoms with Crippen LogP contribution in [0.3, 0.4) is 0 Å². The molecule has 10 nitrogen and oxygen atoms in total. The largest absolute Gasteiger partial charge is 0.508 e. The van der Waals surface area contributed by atoms with Gasteiger partial charge in [-0.1, -0.05) is 38.8 Å². The molecule has 0 fully saturated rings. The number of aromatic hydroxyl groups is 1. The second kappa shape index (κ2) is 15.0. The Balaban J connectivity index is 3.36. The fourth-order valence-electron chi connectivity index (χ4n) is 3.65. The summed E-state index contributed by atoms with van der Waals surface area (Å²) in [6, 6.07) is 3.97. The number of hydrogen-bond donors (Lipinski definition) is 4. The molecule has 0 spiro atoms. The summed E-state index contributed by atoms with van der Waals surface area (Å²) in [7, 11) is 0. The highest BCUT2D eigenvalue weighted by atomic mass is 16.6. The van der Waals surface area contributed by atoms with Crippen LogP contribution in [-0.2, 0) is 19.1 Å². The number of phenolic OH excluding ortho intramolecular Hbond substituents is 1. The maximum atomic E-state index is 13.8. The van der Waals surface area contributed by atoms with Crippen molar-refractivity contribution in [3.05, 3.63) is 29.8 Å². The van der Waals surface area contributed by atoms with Gasteiger partial charge in [0.2, 0.25) is 17.7 Å². The molecule has 0 saturated heterocycles. The van der Waals surface area contributed by atoms with Crippen molar-refractivity contribution >= 4 is 23.8 Å². The number of phenols is 1. The van der Waals surface area contributed by atoms with Crippen LogP contribution >= 0.6 is 0 Å². The minimum atomic E-state index is -1.15. The molecule has 0 heterocycles. The normalized spacial score (nSPS) is 12.8. The summed E-state index contributed by atoms with van der Waals surface area (Å²) in [5.41, 5.74) is 4.93. The Morgan fingerprint density at radius 3 is 2.36 bits per heavy atom. The number of nitrogens with zero attached hydrogens (tertiary/aromatic N) is 1. The van der Waals surface area contributed by atoms with Gasteiger partial charge in [-0.15, -0.1) is 0 Å². The number of alkyl carbamates (subject to hydrolysis) is 1. The topological polar surface area (TPSA) is 151 Å². The van der Waals surface area contributed by atoms with Crippen molar-refractivity contribution in [3.63, 3.8) is 0 Å².